The van der Waals surface area contributed by atoms with Gasteiger partial charge in [-0.3, -0.25) is 0 Å². The molecule has 180 valence electrons. The fraction of sp³-hybridized carbons (Fsp3) is 0.364. The molecule has 12 heteroatoms. The van der Waals surface area contributed by atoms with E-state index in [1.165, 1.54) is 12.0 Å². The molecule has 3 aromatic rings. The zero-order valence-electron chi connectivity index (χ0n) is 18.5. The van der Waals surface area contributed by atoms with E-state index in [9.17, 15) is 18.0 Å². The van der Waals surface area contributed by atoms with Crippen molar-refractivity contribution in [1.29, 1.82) is 0 Å². The standard InChI is InChI=1S/C22H23F3N6O3/c1-33-18-6-3-13(11-19(18)34-2)16-5-4-15(12-17(16)20-27-29-30-28-20)26-21(32)31-9-7-14(8-10-31)22(23,24)25/h3-6,11-12,14H,7-10H2,1-2H3,(H,26,32)(H,27,28,29,30). The van der Waals surface area contributed by atoms with Gasteiger partial charge in [-0.15, -0.1) is 10.2 Å². The smallest absolute Gasteiger partial charge is 0.391 e. The summed E-state index contributed by atoms with van der Waals surface area (Å²) in [5.41, 5.74) is 2.59. The lowest BCUT2D eigenvalue weighted by Crippen LogP contribution is -2.43. The van der Waals surface area contributed by atoms with Gasteiger partial charge < -0.3 is 19.7 Å². The Morgan fingerprint density at radius 3 is 2.41 bits per heavy atom. The number of alkyl halides is 3. The number of aromatic nitrogens is 4. The van der Waals surface area contributed by atoms with Gasteiger partial charge in [-0.2, -0.15) is 18.4 Å². The number of methoxy groups -OCH3 is 2. The van der Waals surface area contributed by atoms with Gasteiger partial charge in [0.15, 0.2) is 11.5 Å². The van der Waals surface area contributed by atoms with E-state index in [-0.39, 0.29) is 25.9 Å². The van der Waals surface area contributed by atoms with Crippen molar-refractivity contribution >= 4 is 11.7 Å². The second kappa shape index (κ2) is 9.57. The molecule has 0 spiro atoms. The van der Waals surface area contributed by atoms with Crippen LogP contribution in [0.3, 0.4) is 0 Å². The second-order valence-electron chi connectivity index (χ2n) is 7.80. The molecule has 4 rings (SSSR count). The molecule has 0 bridgehead atoms. The number of carbonyl (C=O) groups is 1. The van der Waals surface area contributed by atoms with Crippen LogP contribution in [0, 0.1) is 5.92 Å². The molecule has 2 amide bonds. The number of urea groups is 1. The minimum absolute atomic E-state index is 0.0391. The van der Waals surface area contributed by atoms with Crippen molar-refractivity contribution in [3.63, 3.8) is 0 Å². The molecule has 1 aliphatic heterocycles. The van der Waals surface area contributed by atoms with Crippen LogP contribution >= 0.6 is 0 Å². The van der Waals surface area contributed by atoms with Crippen molar-refractivity contribution in [1.82, 2.24) is 25.5 Å². The van der Waals surface area contributed by atoms with Crippen LogP contribution in [-0.2, 0) is 0 Å². The Kier molecular flexibility index (Phi) is 6.57. The van der Waals surface area contributed by atoms with Gasteiger partial charge in [-0.1, -0.05) is 12.1 Å². The Hall–Kier alpha value is -3.83. The highest BCUT2D eigenvalue weighted by atomic mass is 19.4. The van der Waals surface area contributed by atoms with Crippen molar-refractivity contribution in [3.05, 3.63) is 36.4 Å². The number of halogens is 3. The second-order valence-corrected chi connectivity index (χ2v) is 7.80. The zero-order chi connectivity index (χ0) is 24.3. The summed E-state index contributed by atoms with van der Waals surface area (Å²) in [4.78, 5) is 14.1. The number of hydrogen-bond acceptors (Lipinski definition) is 6. The topological polar surface area (TPSA) is 105 Å². The number of nitrogens with zero attached hydrogens (tertiary/aromatic N) is 4. The number of H-pyrrole nitrogens is 1. The van der Waals surface area contributed by atoms with E-state index in [1.54, 1.807) is 37.4 Å². The summed E-state index contributed by atoms with van der Waals surface area (Å²) < 4.78 is 49.4. The van der Waals surface area contributed by atoms with E-state index in [1.807, 2.05) is 6.07 Å². The Labute approximate surface area is 193 Å². The Bertz CT molecular complexity index is 1150. The molecule has 2 N–H and O–H groups in total. The van der Waals surface area contributed by atoms with Gasteiger partial charge in [0, 0.05) is 24.3 Å². The highest BCUT2D eigenvalue weighted by molar-refractivity contribution is 5.92. The van der Waals surface area contributed by atoms with Crippen molar-refractivity contribution in [2.45, 2.75) is 19.0 Å². The molecular formula is C22H23F3N6O3. The number of ether oxygens (including phenoxy) is 2. The van der Waals surface area contributed by atoms with Crippen LogP contribution in [0.2, 0.25) is 0 Å². The summed E-state index contributed by atoms with van der Waals surface area (Å²) in [6.07, 6.45) is -4.45. The van der Waals surface area contributed by atoms with Gasteiger partial charge in [-0.25, -0.2) is 4.79 Å². The predicted octanol–water partition coefficient (Wildman–Crippen LogP) is 4.36. The third-order valence-corrected chi connectivity index (χ3v) is 5.80. The molecule has 1 saturated heterocycles. The van der Waals surface area contributed by atoms with Crippen LogP contribution in [0.15, 0.2) is 36.4 Å². The molecule has 0 saturated carbocycles. The van der Waals surface area contributed by atoms with Crippen LogP contribution in [0.25, 0.3) is 22.5 Å². The zero-order valence-corrected chi connectivity index (χ0v) is 18.5. The summed E-state index contributed by atoms with van der Waals surface area (Å²) in [6.45, 7) is 0.0782. The number of nitrogens with one attached hydrogen (secondary N) is 2. The molecule has 9 nitrogen and oxygen atoms in total. The monoisotopic (exact) mass is 476 g/mol. The molecule has 0 radical (unpaired) electrons. The molecule has 1 fully saturated rings. The maximum Gasteiger partial charge on any atom is 0.391 e. The lowest BCUT2D eigenvalue weighted by Gasteiger charge is -2.32. The first-order valence-corrected chi connectivity index (χ1v) is 10.5. The van der Waals surface area contributed by atoms with Gasteiger partial charge in [0.2, 0.25) is 5.82 Å². The summed E-state index contributed by atoms with van der Waals surface area (Å²) in [5, 5.41) is 16.9. The van der Waals surface area contributed by atoms with E-state index in [4.69, 9.17) is 9.47 Å². The van der Waals surface area contributed by atoms with Crippen LogP contribution in [0.4, 0.5) is 23.7 Å². The molecule has 1 aromatic heterocycles. The normalized spacial score (nSPS) is 14.7. The molecule has 2 aromatic carbocycles. The fourth-order valence-electron chi connectivity index (χ4n) is 3.95. The summed E-state index contributed by atoms with van der Waals surface area (Å²) in [7, 11) is 3.09. The summed E-state index contributed by atoms with van der Waals surface area (Å²) in [5.74, 6) is 0.0540. The van der Waals surface area contributed by atoms with Crippen molar-refractivity contribution in [2.75, 3.05) is 32.6 Å². The average Bonchev–Trinajstić information content (AvgIpc) is 3.38. The first kappa shape index (κ1) is 23.3. The van der Waals surface area contributed by atoms with E-state index in [0.717, 1.165) is 11.1 Å². The van der Waals surface area contributed by atoms with Crippen LogP contribution in [-0.4, -0.2) is 65.0 Å². The van der Waals surface area contributed by atoms with E-state index >= 15 is 0 Å². The maximum absolute atomic E-state index is 12.9. The first-order valence-electron chi connectivity index (χ1n) is 10.5. The Morgan fingerprint density at radius 2 is 1.79 bits per heavy atom. The number of tetrazole rings is 1. The molecule has 0 aliphatic carbocycles. The third-order valence-electron chi connectivity index (χ3n) is 5.80. The molecular weight excluding hydrogens is 453 g/mol. The predicted molar refractivity (Wildman–Crippen MR) is 118 cm³/mol. The van der Waals surface area contributed by atoms with E-state index < -0.39 is 18.1 Å². The Morgan fingerprint density at radius 1 is 1.06 bits per heavy atom. The summed E-state index contributed by atoms with van der Waals surface area (Å²) in [6, 6.07) is 10.2. The maximum atomic E-state index is 12.9. The quantitative estimate of drug-likeness (QED) is 0.567. The third kappa shape index (κ3) is 4.90. The van der Waals surface area contributed by atoms with Crippen LogP contribution in [0.5, 0.6) is 11.5 Å². The highest BCUT2D eigenvalue weighted by Crippen LogP contribution is 2.38. The largest absolute Gasteiger partial charge is 0.493 e. The van der Waals surface area contributed by atoms with Gasteiger partial charge >= 0.3 is 12.2 Å². The number of hydrogen-bond donors (Lipinski definition) is 2. The average molecular weight is 476 g/mol. The molecule has 34 heavy (non-hydrogen) atoms. The molecule has 2 heterocycles. The van der Waals surface area contributed by atoms with Gasteiger partial charge in [0.05, 0.1) is 20.1 Å². The highest BCUT2D eigenvalue weighted by Gasteiger charge is 2.41. The van der Waals surface area contributed by atoms with Crippen molar-refractivity contribution in [2.24, 2.45) is 5.92 Å². The molecule has 0 unspecified atom stereocenters. The van der Waals surface area contributed by atoms with Crippen molar-refractivity contribution in [3.8, 4) is 34.0 Å². The first-order chi connectivity index (χ1) is 16.3. The fourth-order valence-corrected chi connectivity index (χ4v) is 3.95. The number of anilines is 1. The van der Waals surface area contributed by atoms with Gasteiger partial charge in [0.25, 0.3) is 0 Å². The van der Waals surface area contributed by atoms with Crippen LogP contribution in [0.1, 0.15) is 12.8 Å². The number of aromatic amines is 1. The number of likely N-dealkylation sites (tertiary alicyclic amines) is 1. The van der Waals surface area contributed by atoms with Gasteiger partial charge in [0.1, 0.15) is 0 Å². The Balaban J connectivity index is 1.58. The van der Waals surface area contributed by atoms with Gasteiger partial charge in [-0.05, 0) is 53.4 Å². The van der Waals surface area contributed by atoms with Crippen molar-refractivity contribution < 1.29 is 27.4 Å². The number of carbonyl (C=O) groups excluding carboxylic acids is 1. The van der Waals surface area contributed by atoms with Crippen LogP contribution < -0.4 is 14.8 Å². The number of amides is 2. The number of piperidine rings is 1. The minimum atomic E-state index is -4.23. The lowest BCUT2D eigenvalue weighted by molar-refractivity contribution is -0.183. The van der Waals surface area contributed by atoms with E-state index in [0.29, 0.717) is 28.6 Å². The molecule has 1 aliphatic rings. The summed E-state index contributed by atoms with van der Waals surface area (Å²) >= 11 is 0. The molecule has 0 atom stereocenters. The lowest BCUT2D eigenvalue weighted by atomic mass is 9.96. The number of rotatable bonds is 5. The SMILES string of the molecule is COc1ccc(-c2ccc(NC(=O)N3CCC(C(F)(F)F)CC3)cc2-c2nn[nH]n2)cc1OC. The minimum Gasteiger partial charge on any atom is -0.493 e. The van der Waals surface area contributed by atoms with E-state index in [2.05, 4.69) is 25.9 Å². The number of benzene rings is 2.